The average Bonchev–Trinajstić information content (AvgIpc) is 2.69. The van der Waals surface area contributed by atoms with Gasteiger partial charge in [0.05, 0.1) is 0 Å². The van der Waals surface area contributed by atoms with Crippen LogP contribution in [0.2, 0.25) is 0 Å². The van der Waals surface area contributed by atoms with Gasteiger partial charge in [-0.25, -0.2) is 0 Å². The van der Waals surface area contributed by atoms with Crippen molar-refractivity contribution in [1.29, 1.82) is 0 Å². The van der Waals surface area contributed by atoms with E-state index in [0.29, 0.717) is 13.2 Å². The Labute approximate surface area is 99.7 Å². The van der Waals surface area contributed by atoms with Crippen molar-refractivity contribution < 1.29 is 4.74 Å². The summed E-state index contributed by atoms with van der Waals surface area (Å²) in [5.41, 5.74) is 6.84. The second kappa shape index (κ2) is 5.14. The predicted octanol–water partition coefficient (Wildman–Crippen LogP) is 3.09. The van der Waals surface area contributed by atoms with Gasteiger partial charge >= 0.3 is 0 Å². The molecule has 2 N–H and O–H groups in total. The van der Waals surface area contributed by atoms with Crippen LogP contribution in [-0.4, -0.2) is 0 Å². The molecule has 0 saturated heterocycles. The molecule has 1 aromatic heterocycles. The molecule has 84 valence electrons. The van der Waals surface area contributed by atoms with E-state index in [0.717, 1.165) is 5.75 Å². The largest absolute Gasteiger partial charge is 0.489 e. The van der Waals surface area contributed by atoms with E-state index in [-0.39, 0.29) is 0 Å². The van der Waals surface area contributed by atoms with Crippen LogP contribution in [0.1, 0.15) is 15.3 Å². The first-order valence-corrected chi connectivity index (χ1v) is 6.07. The Morgan fingerprint density at radius 1 is 1.25 bits per heavy atom. The Kier molecular flexibility index (Phi) is 3.59. The van der Waals surface area contributed by atoms with Crippen molar-refractivity contribution in [2.75, 3.05) is 0 Å². The number of benzene rings is 1. The summed E-state index contributed by atoms with van der Waals surface area (Å²) in [6.07, 6.45) is 0. The van der Waals surface area contributed by atoms with Gasteiger partial charge in [0.25, 0.3) is 0 Å². The fourth-order valence-electron chi connectivity index (χ4n) is 1.51. The highest BCUT2D eigenvalue weighted by molar-refractivity contribution is 7.12. The molecule has 0 bridgehead atoms. The molecule has 2 aromatic rings. The van der Waals surface area contributed by atoms with Gasteiger partial charge in [0, 0.05) is 21.9 Å². The van der Waals surface area contributed by atoms with Crippen LogP contribution < -0.4 is 10.5 Å². The summed E-state index contributed by atoms with van der Waals surface area (Å²) >= 11 is 1.74. The van der Waals surface area contributed by atoms with E-state index in [1.807, 2.05) is 30.3 Å². The van der Waals surface area contributed by atoms with Gasteiger partial charge in [-0.2, -0.15) is 0 Å². The highest BCUT2D eigenvalue weighted by Crippen LogP contribution is 2.22. The molecular formula is C13H15NOS. The minimum absolute atomic E-state index is 0.608. The van der Waals surface area contributed by atoms with Crippen LogP contribution in [0.15, 0.2) is 36.4 Å². The lowest BCUT2D eigenvalue weighted by Crippen LogP contribution is -1.95. The maximum atomic E-state index is 5.70. The number of nitrogens with two attached hydrogens (primary N) is 1. The minimum Gasteiger partial charge on any atom is -0.489 e. The van der Waals surface area contributed by atoms with Crippen molar-refractivity contribution in [3.05, 3.63) is 51.7 Å². The van der Waals surface area contributed by atoms with Crippen LogP contribution in [0.3, 0.4) is 0 Å². The molecule has 0 amide bonds. The van der Waals surface area contributed by atoms with Gasteiger partial charge in [0.2, 0.25) is 0 Å². The SMILES string of the molecule is Cc1sc(CN)cc1COc1ccccc1. The lowest BCUT2D eigenvalue weighted by molar-refractivity contribution is 0.306. The molecule has 0 aliphatic rings. The van der Waals surface area contributed by atoms with Crippen molar-refractivity contribution in [3.63, 3.8) is 0 Å². The second-order valence-electron chi connectivity index (χ2n) is 3.60. The molecule has 0 fully saturated rings. The number of hydrogen-bond donors (Lipinski definition) is 1. The Balaban J connectivity index is 2.02. The molecule has 0 saturated carbocycles. The standard InChI is InChI=1S/C13H15NOS/c1-10-11(7-13(8-14)16-10)9-15-12-5-3-2-4-6-12/h2-7H,8-9,14H2,1H3. The van der Waals surface area contributed by atoms with Gasteiger partial charge in [0.1, 0.15) is 12.4 Å². The normalized spacial score (nSPS) is 10.4. The number of thiophene rings is 1. The zero-order chi connectivity index (χ0) is 11.4. The zero-order valence-electron chi connectivity index (χ0n) is 9.27. The highest BCUT2D eigenvalue weighted by Gasteiger charge is 2.04. The smallest absolute Gasteiger partial charge is 0.119 e. The van der Waals surface area contributed by atoms with Crippen molar-refractivity contribution in [1.82, 2.24) is 0 Å². The van der Waals surface area contributed by atoms with Crippen LogP contribution in [-0.2, 0) is 13.2 Å². The predicted molar refractivity (Wildman–Crippen MR) is 67.7 cm³/mol. The number of rotatable bonds is 4. The molecule has 16 heavy (non-hydrogen) atoms. The van der Waals surface area contributed by atoms with Gasteiger partial charge < -0.3 is 10.5 Å². The van der Waals surface area contributed by atoms with E-state index >= 15 is 0 Å². The van der Waals surface area contributed by atoms with Crippen LogP contribution in [0.4, 0.5) is 0 Å². The summed E-state index contributed by atoms with van der Waals surface area (Å²) in [6.45, 7) is 3.33. The minimum atomic E-state index is 0.608. The summed E-state index contributed by atoms with van der Waals surface area (Å²) in [5, 5.41) is 0. The monoisotopic (exact) mass is 233 g/mol. The van der Waals surface area contributed by atoms with E-state index in [1.54, 1.807) is 11.3 Å². The Morgan fingerprint density at radius 3 is 2.62 bits per heavy atom. The zero-order valence-corrected chi connectivity index (χ0v) is 10.1. The number of aryl methyl sites for hydroxylation is 1. The molecule has 1 aromatic carbocycles. The lowest BCUT2D eigenvalue weighted by Gasteiger charge is -2.04. The summed E-state index contributed by atoms with van der Waals surface area (Å²) in [7, 11) is 0. The molecule has 0 radical (unpaired) electrons. The first-order valence-electron chi connectivity index (χ1n) is 5.25. The molecule has 0 spiro atoms. The van der Waals surface area contributed by atoms with Gasteiger partial charge in [-0.05, 0) is 25.1 Å². The third kappa shape index (κ3) is 2.62. The van der Waals surface area contributed by atoms with Gasteiger partial charge in [-0.15, -0.1) is 11.3 Å². The van der Waals surface area contributed by atoms with Crippen LogP contribution in [0, 0.1) is 6.92 Å². The average molecular weight is 233 g/mol. The van der Waals surface area contributed by atoms with Crippen molar-refractivity contribution in [2.24, 2.45) is 5.73 Å². The van der Waals surface area contributed by atoms with Crippen molar-refractivity contribution >= 4 is 11.3 Å². The number of ether oxygens (including phenoxy) is 1. The Morgan fingerprint density at radius 2 is 2.00 bits per heavy atom. The molecule has 0 aliphatic carbocycles. The molecule has 1 heterocycles. The first kappa shape index (κ1) is 11.2. The molecule has 2 rings (SSSR count). The molecular weight excluding hydrogens is 218 g/mol. The number of para-hydroxylation sites is 1. The molecule has 0 atom stereocenters. The highest BCUT2D eigenvalue weighted by atomic mass is 32.1. The quantitative estimate of drug-likeness (QED) is 0.880. The third-order valence-corrected chi connectivity index (χ3v) is 3.53. The van der Waals surface area contributed by atoms with E-state index in [2.05, 4.69) is 13.0 Å². The van der Waals surface area contributed by atoms with Crippen LogP contribution in [0.25, 0.3) is 0 Å². The fraction of sp³-hybridized carbons (Fsp3) is 0.231. The van der Waals surface area contributed by atoms with E-state index < -0.39 is 0 Å². The first-order chi connectivity index (χ1) is 7.79. The summed E-state index contributed by atoms with van der Waals surface area (Å²) < 4.78 is 5.70. The Hall–Kier alpha value is -1.32. The fourth-order valence-corrected chi connectivity index (χ4v) is 2.44. The van der Waals surface area contributed by atoms with E-state index in [9.17, 15) is 0 Å². The lowest BCUT2D eigenvalue weighted by atomic mass is 10.2. The van der Waals surface area contributed by atoms with Crippen LogP contribution >= 0.6 is 11.3 Å². The third-order valence-electron chi connectivity index (χ3n) is 2.41. The molecule has 0 aliphatic heterocycles. The molecule has 3 heteroatoms. The summed E-state index contributed by atoms with van der Waals surface area (Å²) in [6, 6.07) is 12.0. The van der Waals surface area contributed by atoms with E-state index in [4.69, 9.17) is 10.5 Å². The molecule has 2 nitrogen and oxygen atoms in total. The maximum absolute atomic E-state index is 5.70. The van der Waals surface area contributed by atoms with Gasteiger partial charge in [-0.1, -0.05) is 18.2 Å². The van der Waals surface area contributed by atoms with Gasteiger partial charge in [0.15, 0.2) is 0 Å². The van der Waals surface area contributed by atoms with E-state index in [1.165, 1.54) is 15.3 Å². The maximum Gasteiger partial charge on any atom is 0.119 e. The van der Waals surface area contributed by atoms with Crippen LogP contribution in [0.5, 0.6) is 5.75 Å². The number of hydrogen-bond acceptors (Lipinski definition) is 3. The summed E-state index contributed by atoms with van der Waals surface area (Å²) in [5.74, 6) is 0.905. The van der Waals surface area contributed by atoms with Crippen molar-refractivity contribution in [3.8, 4) is 5.75 Å². The second-order valence-corrected chi connectivity index (χ2v) is 4.94. The Bertz CT molecular complexity index is 450. The molecule has 0 unspecified atom stereocenters. The van der Waals surface area contributed by atoms with Crippen molar-refractivity contribution in [2.45, 2.75) is 20.1 Å². The summed E-state index contributed by atoms with van der Waals surface area (Å²) in [4.78, 5) is 2.50. The van der Waals surface area contributed by atoms with Gasteiger partial charge in [-0.3, -0.25) is 0 Å². The topological polar surface area (TPSA) is 35.2 Å².